The van der Waals surface area contributed by atoms with Crippen LogP contribution < -0.4 is 26.6 Å². The van der Waals surface area contributed by atoms with Crippen LogP contribution in [0.15, 0.2) is 146 Å². The zero-order valence-corrected chi connectivity index (χ0v) is 75.9. The van der Waals surface area contributed by atoms with Crippen molar-refractivity contribution in [3.63, 3.8) is 0 Å². The number of carbonyl (C=O) groups excluding carboxylic acids is 5. The maximum atomic E-state index is 13.8. The van der Waals surface area contributed by atoms with Crippen molar-refractivity contribution in [2.45, 2.75) is 75.3 Å². The first-order chi connectivity index (χ1) is 57.6. The molecule has 3 unspecified atom stereocenters. The van der Waals surface area contributed by atoms with E-state index in [2.05, 4.69) is 64.2 Å². The van der Waals surface area contributed by atoms with Gasteiger partial charge in [0.2, 0.25) is 0 Å². The first kappa shape index (κ1) is 111. The predicted molar refractivity (Wildman–Crippen MR) is 470 cm³/mol. The predicted octanol–water partition coefficient (Wildman–Crippen LogP) is 14.8. The molecule has 9 aromatic rings. The van der Waals surface area contributed by atoms with Gasteiger partial charge in [0.25, 0.3) is 0 Å². The third kappa shape index (κ3) is 38.0. The van der Waals surface area contributed by atoms with Crippen LogP contribution in [0, 0.1) is 34.9 Å². The summed E-state index contributed by atoms with van der Waals surface area (Å²) >= 11 is 22.9. The van der Waals surface area contributed by atoms with Gasteiger partial charge >= 0.3 is 52.9 Å². The summed E-state index contributed by atoms with van der Waals surface area (Å²) < 4.78 is 158. The number of hydrogen-bond donors (Lipinski definition) is 11. The van der Waals surface area contributed by atoms with Crippen LogP contribution in [0.4, 0.5) is 67.8 Å². The van der Waals surface area contributed by atoms with E-state index >= 15 is 0 Å². The van der Waals surface area contributed by atoms with E-state index in [-0.39, 0.29) is 125 Å². The molecule has 3 heterocycles. The van der Waals surface area contributed by atoms with Gasteiger partial charge in [0, 0.05) is 114 Å². The quantitative estimate of drug-likeness (QED) is 0.00998. The molecule has 50 heteroatoms. The number of urea groups is 2. The van der Waals surface area contributed by atoms with Crippen molar-refractivity contribution < 1.29 is 136 Å². The largest absolute Gasteiger partial charge is 0.474 e. The Morgan fingerprint density at radius 1 is 0.448 bits per heavy atom. The van der Waals surface area contributed by atoms with Crippen molar-refractivity contribution in [1.29, 1.82) is 0 Å². The second-order valence-electron chi connectivity index (χ2n) is 25.9. The number of halogens is 10. The molecular formula is C75H92Cl4F6N11O23P3S3. The van der Waals surface area contributed by atoms with E-state index in [0.717, 1.165) is 19.1 Å². The number of nitrogens with one attached hydrogen (secondary N) is 5. The van der Waals surface area contributed by atoms with E-state index < -0.39 is 151 Å². The summed E-state index contributed by atoms with van der Waals surface area (Å²) in [5.74, 6) is -2.88. The summed E-state index contributed by atoms with van der Waals surface area (Å²) in [6, 6.07) is 25.7. The number of likely N-dealkylation sites (N-methyl/N-ethyl adjacent to an activating group) is 3. The number of fused-ring (bicyclic) bond motifs is 3. The number of rotatable bonds is 35. The molecule has 0 saturated carbocycles. The number of aliphatic hydroxyl groups excluding tert-OH is 4. The number of phosphoric acid groups is 2. The van der Waals surface area contributed by atoms with Gasteiger partial charge in [-0.05, 0) is 150 Å². The minimum atomic E-state index is -4.80. The van der Waals surface area contributed by atoms with Crippen molar-refractivity contribution in [3.8, 4) is 0 Å². The Kier molecular flexibility index (Phi) is 48.2. The van der Waals surface area contributed by atoms with Crippen LogP contribution in [-0.2, 0) is 74.7 Å². The third-order valence-corrected chi connectivity index (χ3v) is 22.1. The summed E-state index contributed by atoms with van der Waals surface area (Å²) in [4.78, 5) is 96.8. The van der Waals surface area contributed by atoms with Crippen molar-refractivity contribution in [3.05, 3.63) is 213 Å². The highest BCUT2D eigenvalue weighted by Gasteiger charge is 2.31. The highest BCUT2D eigenvalue weighted by molar-refractivity contribution is 7.81. The van der Waals surface area contributed by atoms with E-state index in [9.17, 15) is 84.4 Å². The monoisotopic (exact) mass is 1960 g/mol. The molecule has 0 saturated heterocycles. The summed E-state index contributed by atoms with van der Waals surface area (Å²) in [7, 11) is 0.377. The fourth-order valence-electron chi connectivity index (χ4n) is 10.7. The van der Waals surface area contributed by atoms with E-state index in [1.54, 1.807) is 42.3 Å². The molecule has 7 amide bonds. The maximum Gasteiger partial charge on any atom is 0.474 e. The number of aromatic nitrogens is 3. The number of aliphatic hydroxyl groups is 4. The molecule has 0 aliphatic carbocycles. The number of benzene rings is 6. The molecule has 11 N–H and O–H groups in total. The molecule has 0 radical (unpaired) electrons. The Morgan fingerprint density at radius 2 is 0.776 bits per heavy atom. The third-order valence-electron chi connectivity index (χ3n) is 17.3. The van der Waals surface area contributed by atoms with Gasteiger partial charge in [0.05, 0.1) is 65.3 Å². The fourth-order valence-corrected chi connectivity index (χ4v) is 12.5. The van der Waals surface area contributed by atoms with Gasteiger partial charge in [-0.15, -0.1) is 0 Å². The van der Waals surface area contributed by atoms with Crippen molar-refractivity contribution in [2.24, 2.45) is 0 Å². The van der Waals surface area contributed by atoms with E-state index in [4.69, 9.17) is 74.6 Å². The van der Waals surface area contributed by atoms with Crippen LogP contribution in [0.1, 0.15) is 36.0 Å². The van der Waals surface area contributed by atoms with Gasteiger partial charge in [-0.3, -0.25) is 38.9 Å². The molecule has 6 atom stereocenters. The highest BCUT2D eigenvalue weighted by atomic mass is 35.7. The topological polar surface area (TPSA) is 450 Å². The zero-order valence-electron chi connectivity index (χ0n) is 67.2. The zero-order chi connectivity index (χ0) is 90.2. The molecule has 34 nitrogen and oxygen atoms in total. The first-order valence-electron chi connectivity index (χ1n) is 35.7. The fraction of sp³-hybridized carbons (Fsp3) is 0.333. The van der Waals surface area contributed by atoms with Crippen LogP contribution in [0.2, 0.25) is 15.1 Å². The second kappa shape index (κ2) is 54.2. The van der Waals surface area contributed by atoms with Crippen molar-refractivity contribution >= 4 is 189 Å². The summed E-state index contributed by atoms with van der Waals surface area (Å²) in [6.45, 7) is -5.97. The number of nitrogens with zero attached hydrogens (tertiary/aromatic N) is 6. The molecule has 0 fully saturated rings. The molecular weight excluding hydrogens is 1870 g/mol. The van der Waals surface area contributed by atoms with Gasteiger partial charge in [-0.25, -0.2) is 79.0 Å². The normalized spacial score (nSPS) is 12.6. The highest BCUT2D eigenvalue weighted by Crippen LogP contribution is 2.51. The number of ether oxygens (including phenoxy) is 3. The lowest BCUT2D eigenvalue weighted by atomic mass is 10.1. The van der Waals surface area contributed by atoms with Crippen molar-refractivity contribution in [1.82, 2.24) is 40.3 Å². The van der Waals surface area contributed by atoms with Crippen LogP contribution in [0.25, 0.3) is 32.3 Å². The average Bonchev–Trinajstić information content (AvgIpc) is 0.833. The Morgan fingerprint density at radius 3 is 1.11 bits per heavy atom. The number of phosphoric ester groups is 2. The Labute approximate surface area is 753 Å². The standard InChI is InChI=1S/C26H30ClF2N4O8P.C24H25ClF2N4O5.C23H25ClF2N3O7P.C2H6ClO3P.3H2S/c1-33(25(35)31-13-17-5-4-6-22(29)24(17)27)20(11-21(34)15-41-42(37,38-2)39-3)14-40-26(36)32-23-10-18-9-19(28)8-7-16(18)12-30-23;1-31(23(34)29-11-15-3-2-4-20(27)22(15)25)18(9-19(33)12-32)13-36-24(35)30-21-8-16-7-17(26)6-5-14(16)10-28-21;1-29(11-15-3-2-4-20(26)22(15)24)18(9-19(30)13-36-37(32,33)34)12-35-23(31)28-21-8-16-7-17(25)6-5-14(16)10-27-21;1-5-7(3,4)6-2;;;/h4-10,12,20-21,34H,11,13-15H2,1-3H3,(H,31,35)(H,30,32,36);2-8,10,18-19,32-33H,9,11-13H2,1H3,(H,29,34)(H,28,30,35);2-8,10,18-19,30H,9,11-13H2,1H3,(H,27,28,31)(H2,32,33,34);1-2H3;3*1H2/t20-,21?;2*18-,19?;;;;/m000..../s1. The average molecular weight is 1960 g/mol. The summed E-state index contributed by atoms with van der Waals surface area (Å²) in [5, 5.41) is 55.6. The van der Waals surface area contributed by atoms with Gasteiger partial charge < -0.3 is 73.9 Å². The molecule has 688 valence electrons. The van der Waals surface area contributed by atoms with E-state index in [1.165, 1.54) is 149 Å². The van der Waals surface area contributed by atoms with Crippen LogP contribution >= 0.6 is 109 Å². The Balaban J connectivity index is 0.000000461. The number of carbonyl (C=O) groups is 5. The van der Waals surface area contributed by atoms with E-state index in [1.807, 2.05) is 0 Å². The molecule has 9 rings (SSSR count). The van der Waals surface area contributed by atoms with Gasteiger partial charge in [-0.1, -0.05) is 71.2 Å². The lowest BCUT2D eigenvalue weighted by Gasteiger charge is -2.30. The lowest BCUT2D eigenvalue weighted by molar-refractivity contribution is 0.0363. The number of pyridine rings is 3. The van der Waals surface area contributed by atoms with Crippen LogP contribution in [0.3, 0.4) is 0 Å². The van der Waals surface area contributed by atoms with E-state index in [0.29, 0.717) is 49.0 Å². The van der Waals surface area contributed by atoms with Gasteiger partial charge in [0.15, 0.2) is 0 Å². The Bertz CT molecular complexity index is 5180. The molecule has 6 aromatic carbocycles. The number of amides is 7. The smallest absolute Gasteiger partial charge is 0.448 e. The molecule has 125 heavy (non-hydrogen) atoms. The molecule has 3 aromatic heterocycles. The molecule has 0 aliphatic rings. The minimum absolute atomic E-state index is 0. The molecule has 0 aliphatic heterocycles. The molecule has 0 spiro atoms. The van der Waals surface area contributed by atoms with Gasteiger partial charge in [-0.2, -0.15) is 40.5 Å². The van der Waals surface area contributed by atoms with Crippen molar-refractivity contribution in [2.75, 3.05) is 105 Å². The number of anilines is 3. The maximum absolute atomic E-state index is 13.8. The molecule has 0 bridgehead atoms. The lowest BCUT2D eigenvalue weighted by Crippen LogP contribution is -2.47. The Hall–Kier alpha value is -8.14. The minimum Gasteiger partial charge on any atom is -0.448 e. The summed E-state index contributed by atoms with van der Waals surface area (Å²) in [5.41, 5.74) is 1.13. The second-order valence-corrected chi connectivity index (χ2v) is 33.0. The first-order valence-corrected chi connectivity index (χ1v) is 42.3. The van der Waals surface area contributed by atoms with Gasteiger partial charge in [0.1, 0.15) is 72.2 Å². The summed E-state index contributed by atoms with van der Waals surface area (Å²) in [6.07, 6.45) is -2.54. The van der Waals surface area contributed by atoms with Crippen LogP contribution in [-0.4, -0.2) is 216 Å². The van der Waals surface area contributed by atoms with Crippen LogP contribution in [0.5, 0.6) is 0 Å². The number of hydrogen-bond acceptors (Lipinski definition) is 25. The SMILES string of the molecule is CN(C(=O)NCc1cccc(F)c1Cl)[C@H](COC(=O)Nc1cc2cc(F)ccc2cn1)CC(O)CO.CN(Cc1cccc(F)c1Cl)[C@H](COC(=O)Nc1cc2cc(F)ccc2cn1)CC(O)COP(=O)(O)O.COP(=O)(Cl)OC.COP(=O)(OC)OCC(O)C[C@@H](COC(=O)Nc1cc2cc(F)ccc2cn1)N(C)C(=O)NCc1cccc(F)c1Cl.S.S.S.